The summed E-state index contributed by atoms with van der Waals surface area (Å²) in [6.45, 7) is 2.02. The van der Waals surface area contributed by atoms with Gasteiger partial charge in [0.1, 0.15) is 0 Å². The minimum absolute atomic E-state index is 0.289. The molecule has 1 aromatic rings. The summed E-state index contributed by atoms with van der Waals surface area (Å²) in [5.41, 5.74) is 2.88. The van der Waals surface area contributed by atoms with Gasteiger partial charge in [0.05, 0.1) is 12.7 Å². The average molecular weight is 203 g/mol. The number of rotatable bonds is 1. The normalized spacial score (nSPS) is 30.1. The molecule has 2 nitrogen and oxygen atoms in total. The Hall–Kier alpha value is -0.860. The van der Waals surface area contributed by atoms with Crippen LogP contribution < -0.4 is 5.32 Å². The SMILES string of the molecule is c1ccc2c(c1)CCOC2[C@@H]1CCCN1. The predicted octanol–water partition coefficient (Wildman–Crippen LogP) is 2.05. The maximum atomic E-state index is 5.93. The summed E-state index contributed by atoms with van der Waals surface area (Å²) >= 11 is 0. The van der Waals surface area contributed by atoms with Gasteiger partial charge in [-0.25, -0.2) is 0 Å². The second kappa shape index (κ2) is 3.95. The van der Waals surface area contributed by atoms with E-state index in [1.807, 2.05) is 0 Å². The van der Waals surface area contributed by atoms with Crippen molar-refractivity contribution < 1.29 is 4.74 Å². The third-order valence-electron chi connectivity index (χ3n) is 3.49. The van der Waals surface area contributed by atoms with Gasteiger partial charge in [0.15, 0.2) is 0 Å². The van der Waals surface area contributed by atoms with Crippen LogP contribution in [0.15, 0.2) is 24.3 Å². The molecule has 0 amide bonds. The highest BCUT2D eigenvalue weighted by Crippen LogP contribution is 2.32. The number of fused-ring (bicyclic) bond motifs is 1. The number of ether oxygens (including phenoxy) is 1. The van der Waals surface area contributed by atoms with Gasteiger partial charge in [0, 0.05) is 6.04 Å². The maximum Gasteiger partial charge on any atom is 0.0980 e. The first-order chi connectivity index (χ1) is 7.45. The van der Waals surface area contributed by atoms with Gasteiger partial charge in [0.2, 0.25) is 0 Å². The van der Waals surface area contributed by atoms with Crippen molar-refractivity contribution >= 4 is 0 Å². The van der Waals surface area contributed by atoms with Crippen LogP contribution in [-0.2, 0) is 11.2 Å². The zero-order valence-electron chi connectivity index (χ0n) is 8.91. The summed E-state index contributed by atoms with van der Waals surface area (Å²) in [4.78, 5) is 0. The van der Waals surface area contributed by atoms with E-state index in [9.17, 15) is 0 Å². The van der Waals surface area contributed by atoms with Gasteiger partial charge in [-0.15, -0.1) is 0 Å². The third kappa shape index (κ3) is 1.68. The number of nitrogens with one attached hydrogen (secondary N) is 1. The lowest BCUT2D eigenvalue weighted by atomic mass is 9.93. The molecule has 0 saturated carbocycles. The predicted molar refractivity (Wildman–Crippen MR) is 59.9 cm³/mol. The molecule has 2 aliphatic rings. The van der Waals surface area contributed by atoms with Gasteiger partial charge in [-0.2, -0.15) is 0 Å². The monoisotopic (exact) mass is 203 g/mol. The summed E-state index contributed by atoms with van der Waals surface area (Å²) in [6.07, 6.45) is 3.89. The number of hydrogen-bond acceptors (Lipinski definition) is 2. The summed E-state index contributed by atoms with van der Waals surface area (Å²) in [7, 11) is 0. The van der Waals surface area contributed by atoms with Crippen molar-refractivity contribution in [3.05, 3.63) is 35.4 Å². The van der Waals surface area contributed by atoms with Crippen LogP contribution in [0.1, 0.15) is 30.1 Å². The van der Waals surface area contributed by atoms with Crippen LogP contribution in [0, 0.1) is 0 Å². The van der Waals surface area contributed by atoms with Crippen molar-refractivity contribution in [2.75, 3.05) is 13.2 Å². The Morgan fingerprint density at radius 2 is 2.20 bits per heavy atom. The van der Waals surface area contributed by atoms with E-state index in [1.54, 1.807) is 0 Å². The molecule has 2 heteroatoms. The van der Waals surface area contributed by atoms with E-state index >= 15 is 0 Å². The molecule has 1 aromatic carbocycles. The minimum atomic E-state index is 0.289. The van der Waals surface area contributed by atoms with E-state index in [-0.39, 0.29) is 6.10 Å². The number of benzene rings is 1. The molecule has 2 heterocycles. The third-order valence-corrected chi connectivity index (χ3v) is 3.49. The first kappa shape index (κ1) is 9.37. The Morgan fingerprint density at radius 1 is 1.27 bits per heavy atom. The van der Waals surface area contributed by atoms with Crippen molar-refractivity contribution in [3.8, 4) is 0 Å². The largest absolute Gasteiger partial charge is 0.372 e. The summed E-state index contributed by atoms with van der Waals surface area (Å²) in [5, 5.41) is 3.54. The summed E-state index contributed by atoms with van der Waals surface area (Å²) in [6, 6.07) is 9.24. The molecule has 15 heavy (non-hydrogen) atoms. The lowest BCUT2D eigenvalue weighted by Gasteiger charge is -2.30. The van der Waals surface area contributed by atoms with E-state index in [1.165, 1.54) is 24.0 Å². The zero-order chi connectivity index (χ0) is 10.1. The van der Waals surface area contributed by atoms with Gasteiger partial charge in [-0.1, -0.05) is 24.3 Å². The molecule has 80 valence electrons. The molecular formula is C13H17NO. The molecule has 1 unspecified atom stereocenters. The molecular weight excluding hydrogens is 186 g/mol. The van der Waals surface area contributed by atoms with Gasteiger partial charge in [-0.05, 0) is 36.9 Å². The van der Waals surface area contributed by atoms with Crippen LogP contribution in [0.25, 0.3) is 0 Å². The van der Waals surface area contributed by atoms with Crippen LogP contribution in [0.2, 0.25) is 0 Å². The van der Waals surface area contributed by atoms with E-state index in [4.69, 9.17) is 4.74 Å². The van der Waals surface area contributed by atoms with Crippen molar-refractivity contribution in [2.45, 2.75) is 31.4 Å². The molecule has 0 aromatic heterocycles. The second-order valence-electron chi connectivity index (χ2n) is 4.44. The highest BCUT2D eigenvalue weighted by Gasteiger charge is 2.30. The Bertz CT molecular complexity index is 344. The zero-order valence-corrected chi connectivity index (χ0v) is 8.91. The molecule has 0 bridgehead atoms. The first-order valence-corrected chi connectivity index (χ1v) is 5.88. The number of hydrogen-bond donors (Lipinski definition) is 1. The highest BCUT2D eigenvalue weighted by molar-refractivity contribution is 5.32. The summed E-state index contributed by atoms with van der Waals surface area (Å²) < 4.78 is 5.93. The minimum Gasteiger partial charge on any atom is -0.372 e. The quantitative estimate of drug-likeness (QED) is 0.754. The molecule has 1 fully saturated rings. The fourth-order valence-corrected chi connectivity index (χ4v) is 2.73. The van der Waals surface area contributed by atoms with Gasteiger partial charge in [-0.3, -0.25) is 0 Å². The van der Waals surface area contributed by atoms with E-state index in [0.717, 1.165) is 19.6 Å². The van der Waals surface area contributed by atoms with Gasteiger partial charge >= 0.3 is 0 Å². The Morgan fingerprint density at radius 3 is 3.07 bits per heavy atom. The van der Waals surface area contributed by atoms with Crippen molar-refractivity contribution in [2.24, 2.45) is 0 Å². The smallest absolute Gasteiger partial charge is 0.0980 e. The Kier molecular flexibility index (Phi) is 2.47. The van der Waals surface area contributed by atoms with Crippen molar-refractivity contribution in [1.29, 1.82) is 0 Å². The maximum absolute atomic E-state index is 5.93. The van der Waals surface area contributed by atoms with E-state index in [2.05, 4.69) is 29.6 Å². The van der Waals surface area contributed by atoms with E-state index < -0.39 is 0 Å². The van der Waals surface area contributed by atoms with E-state index in [0.29, 0.717) is 6.04 Å². The first-order valence-electron chi connectivity index (χ1n) is 5.88. The molecule has 0 spiro atoms. The molecule has 2 atom stereocenters. The second-order valence-corrected chi connectivity index (χ2v) is 4.44. The summed E-state index contributed by atoms with van der Waals surface area (Å²) in [5.74, 6) is 0. The fraction of sp³-hybridized carbons (Fsp3) is 0.538. The van der Waals surface area contributed by atoms with Crippen LogP contribution in [0.5, 0.6) is 0 Å². The van der Waals surface area contributed by atoms with Crippen molar-refractivity contribution in [3.63, 3.8) is 0 Å². The topological polar surface area (TPSA) is 21.3 Å². The Labute approximate surface area is 90.6 Å². The van der Waals surface area contributed by atoms with Crippen molar-refractivity contribution in [1.82, 2.24) is 5.32 Å². The fourth-order valence-electron chi connectivity index (χ4n) is 2.73. The van der Waals surface area contributed by atoms with Crippen LogP contribution in [0.3, 0.4) is 0 Å². The van der Waals surface area contributed by atoms with Gasteiger partial charge < -0.3 is 10.1 Å². The molecule has 0 radical (unpaired) electrons. The Balaban J connectivity index is 1.91. The standard InChI is InChI=1S/C13H17NO/c1-2-5-11-10(4-1)7-9-15-13(11)12-6-3-8-14-12/h1-2,4-5,12-14H,3,6-9H2/t12-,13?/m0/s1. The van der Waals surface area contributed by atoms with Crippen LogP contribution in [-0.4, -0.2) is 19.2 Å². The highest BCUT2D eigenvalue weighted by atomic mass is 16.5. The lowest BCUT2D eigenvalue weighted by Crippen LogP contribution is -2.33. The molecule has 1 saturated heterocycles. The van der Waals surface area contributed by atoms with Crippen LogP contribution in [0.4, 0.5) is 0 Å². The molecule has 2 aliphatic heterocycles. The molecule has 3 rings (SSSR count). The molecule has 0 aliphatic carbocycles. The average Bonchev–Trinajstić information content (AvgIpc) is 2.82. The lowest BCUT2D eigenvalue weighted by molar-refractivity contribution is 0.0199. The van der Waals surface area contributed by atoms with Crippen LogP contribution >= 0.6 is 0 Å². The molecule has 1 N–H and O–H groups in total. The van der Waals surface area contributed by atoms with Gasteiger partial charge in [0.25, 0.3) is 0 Å².